The number of benzene rings is 1. The molecule has 1 atom stereocenters. The predicted octanol–water partition coefficient (Wildman–Crippen LogP) is 4.84. The summed E-state index contributed by atoms with van der Waals surface area (Å²) in [6.45, 7) is 3.77. The standard InChI is InChI=1S/C21H18ClN5OS/c1-13(21-26-18(12-29-21)15-7-9-23-10-8-15)25-20(28)16-11-24-27(14(16)2)19-6-4-3-5-17(19)22/h3-13H,1-2H3,(H,25,28). The first kappa shape index (κ1) is 19.3. The second kappa shape index (κ2) is 8.14. The van der Waals surface area contributed by atoms with Crippen LogP contribution >= 0.6 is 22.9 Å². The number of pyridine rings is 1. The molecule has 4 aromatic rings. The van der Waals surface area contributed by atoms with Gasteiger partial charge < -0.3 is 5.32 Å². The van der Waals surface area contributed by atoms with Crippen LogP contribution in [0.3, 0.4) is 0 Å². The van der Waals surface area contributed by atoms with Gasteiger partial charge >= 0.3 is 0 Å². The molecule has 1 amide bonds. The lowest BCUT2D eigenvalue weighted by atomic mass is 10.2. The van der Waals surface area contributed by atoms with Crippen molar-refractivity contribution in [3.05, 3.63) is 81.7 Å². The van der Waals surface area contributed by atoms with Crippen molar-refractivity contribution in [3.63, 3.8) is 0 Å². The molecule has 0 radical (unpaired) electrons. The fourth-order valence-electron chi connectivity index (χ4n) is 2.98. The summed E-state index contributed by atoms with van der Waals surface area (Å²) in [6.07, 6.45) is 5.03. The van der Waals surface area contributed by atoms with E-state index >= 15 is 0 Å². The van der Waals surface area contributed by atoms with Crippen molar-refractivity contribution in [1.29, 1.82) is 0 Å². The molecule has 3 aromatic heterocycles. The fourth-order valence-corrected chi connectivity index (χ4v) is 4.03. The Kier molecular flexibility index (Phi) is 5.42. The van der Waals surface area contributed by atoms with E-state index in [-0.39, 0.29) is 11.9 Å². The Morgan fingerprint density at radius 1 is 1.21 bits per heavy atom. The van der Waals surface area contributed by atoms with Gasteiger partial charge in [0, 0.05) is 23.3 Å². The quantitative estimate of drug-likeness (QED) is 0.498. The number of nitrogens with one attached hydrogen (secondary N) is 1. The zero-order valence-corrected chi connectivity index (χ0v) is 17.4. The maximum atomic E-state index is 12.8. The minimum Gasteiger partial charge on any atom is -0.343 e. The normalized spacial score (nSPS) is 12.0. The molecule has 0 saturated carbocycles. The van der Waals surface area contributed by atoms with E-state index in [9.17, 15) is 4.79 Å². The van der Waals surface area contributed by atoms with Crippen molar-refractivity contribution >= 4 is 28.8 Å². The van der Waals surface area contributed by atoms with Crippen LogP contribution in [0.25, 0.3) is 16.9 Å². The molecule has 0 aliphatic rings. The highest BCUT2D eigenvalue weighted by Gasteiger charge is 2.20. The van der Waals surface area contributed by atoms with Crippen molar-refractivity contribution in [2.24, 2.45) is 0 Å². The first-order valence-electron chi connectivity index (χ1n) is 9.01. The third-order valence-electron chi connectivity index (χ3n) is 4.55. The number of nitrogens with zero attached hydrogens (tertiary/aromatic N) is 4. The summed E-state index contributed by atoms with van der Waals surface area (Å²) in [5, 5.41) is 10.7. The molecule has 0 aliphatic heterocycles. The summed E-state index contributed by atoms with van der Waals surface area (Å²) in [4.78, 5) is 21.5. The average Bonchev–Trinajstić information content (AvgIpc) is 3.36. The number of para-hydroxylation sites is 1. The van der Waals surface area contributed by atoms with E-state index in [1.54, 1.807) is 29.3 Å². The summed E-state index contributed by atoms with van der Waals surface area (Å²) in [5.41, 5.74) is 3.83. The number of carbonyl (C=O) groups is 1. The van der Waals surface area contributed by atoms with Gasteiger partial charge in [0.25, 0.3) is 5.91 Å². The summed E-state index contributed by atoms with van der Waals surface area (Å²) in [6, 6.07) is 11.0. The van der Waals surface area contributed by atoms with Gasteiger partial charge in [0.05, 0.1) is 39.9 Å². The Labute approximate surface area is 177 Å². The monoisotopic (exact) mass is 423 g/mol. The fraction of sp³-hybridized carbons (Fsp3) is 0.143. The number of rotatable bonds is 5. The number of aromatic nitrogens is 4. The van der Waals surface area contributed by atoms with Crippen LogP contribution in [0.15, 0.2) is 60.4 Å². The summed E-state index contributed by atoms with van der Waals surface area (Å²) in [7, 11) is 0. The van der Waals surface area contributed by atoms with Crippen LogP contribution in [-0.4, -0.2) is 25.7 Å². The van der Waals surface area contributed by atoms with Crippen LogP contribution in [0.5, 0.6) is 0 Å². The number of thiazole rings is 1. The predicted molar refractivity (Wildman–Crippen MR) is 115 cm³/mol. The van der Waals surface area contributed by atoms with Gasteiger partial charge in [-0.15, -0.1) is 11.3 Å². The van der Waals surface area contributed by atoms with Crippen molar-refractivity contribution in [1.82, 2.24) is 25.1 Å². The molecule has 0 aliphatic carbocycles. The van der Waals surface area contributed by atoms with Crippen molar-refractivity contribution in [3.8, 4) is 16.9 Å². The zero-order valence-electron chi connectivity index (χ0n) is 15.8. The molecule has 29 heavy (non-hydrogen) atoms. The maximum Gasteiger partial charge on any atom is 0.255 e. The SMILES string of the molecule is Cc1c(C(=O)NC(C)c2nc(-c3ccncc3)cs2)cnn1-c1ccccc1Cl. The van der Waals surface area contributed by atoms with Gasteiger partial charge in [-0.05, 0) is 38.1 Å². The van der Waals surface area contributed by atoms with Gasteiger partial charge in [0.2, 0.25) is 0 Å². The Balaban J connectivity index is 1.52. The third kappa shape index (κ3) is 3.92. The van der Waals surface area contributed by atoms with Gasteiger partial charge in [0.15, 0.2) is 0 Å². The lowest BCUT2D eigenvalue weighted by Gasteiger charge is -2.11. The van der Waals surface area contributed by atoms with E-state index in [1.165, 1.54) is 11.3 Å². The van der Waals surface area contributed by atoms with E-state index in [0.717, 1.165) is 27.6 Å². The van der Waals surface area contributed by atoms with Gasteiger partial charge in [-0.3, -0.25) is 9.78 Å². The molecular formula is C21H18ClN5OS. The Hall–Kier alpha value is -3.03. The Morgan fingerprint density at radius 2 is 1.97 bits per heavy atom. The van der Waals surface area contributed by atoms with Crippen molar-refractivity contribution in [2.45, 2.75) is 19.9 Å². The van der Waals surface area contributed by atoms with Crippen LogP contribution < -0.4 is 5.32 Å². The molecule has 0 fully saturated rings. The lowest BCUT2D eigenvalue weighted by Crippen LogP contribution is -2.27. The number of hydrogen-bond acceptors (Lipinski definition) is 5. The second-order valence-corrected chi connectivity index (χ2v) is 7.81. The molecule has 6 nitrogen and oxygen atoms in total. The highest BCUT2D eigenvalue weighted by atomic mass is 35.5. The average molecular weight is 424 g/mol. The van der Waals surface area contributed by atoms with Crippen LogP contribution in [0.1, 0.15) is 34.0 Å². The number of carbonyl (C=O) groups excluding carboxylic acids is 1. The van der Waals surface area contributed by atoms with Gasteiger partial charge in [-0.25, -0.2) is 9.67 Å². The van der Waals surface area contributed by atoms with Gasteiger partial charge in [0.1, 0.15) is 5.01 Å². The van der Waals surface area contributed by atoms with E-state index in [4.69, 9.17) is 11.6 Å². The molecule has 146 valence electrons. The van der Waals surface area contributed by atoms with E-state index in [0.29, 0.717) is 10.6 Å². The lowest BCUT2D eigenvalue weighted by molar-refractivity contribution is 0.0939. The molecule has 1 aromatic carbocycles. The molecule has 0 saturated heterocycles. The minimum atomic E-state index is -0.230. The Morgan fingerprint density at radius 3 is 2.72 bits per heavy atom. The number of amides is 1. The van der Waals surface area contributed by atoms with E-state index in [2.05, 4.69) is 20.4 Å². The second-order valence-electron chi connectivity index (χ2n) is 6.51. The van der Waals surface area contributed by atoms with E-state index in [1.807, 2.05) is 49.6 Å². The van der Waals surface area contributed by atoms with Gasteiger partial charge in [-0.2, -0.15) is 5.10 Å². The molecule has 1 unspecified atom stereocenters. The highest BCUT2D eigenvalue weighted by molar-refractivity contribution is 7.10. The summed E-state index contributed by atoms with van der Waals surface area (Å²) in [5.74, 6) is -0.200. The Bertz CT molecular complexity index is 1150. The molecule has 0 bridgehead atoms. The van der Waals surface area contributed by atoms with E-state index < -0.39 is 0 Å². The number of halogens is 1. The topological polar surface area (TPSA) is 72.7 Å². The summed E-state index contributed by atoms with van der Waals surface area (Å²) < 4.78 is 1.67. The molecule has 3 heterocycles. The minimum absolute atomic E-state index is 0.200. The number of hydrogen-bond donors (Lipinski definition) is 1. The van der Waals surface area contributed by atoms with Gasteiger partial charge in [-0.1, -0.05) is 23.7 Å². The van der Waals surface area contributed by atoms with Crippen LogP contribution in [0.2, 0.25) is 5.02 Å². The molecule has 0 spiro atoms. The molecule has 4 rings (SSSR count). The highest BCUT2D eigenvalue weighted by Crippen LogP contribution is 2.26. The molecular weight excluding hydrogens is 406 g/mol. The van der Waals surface area contributed by atoms with Crippen LogP contribution in [0, 0.1) is 6.92 Å². The summed E-state index contributed by atoms with van der Waals surface area (Å²) >= 11 is 7.78. The third-order valence-corrected chi connectivity index (χ3v) is 5.90. The van der Waals surface area contributed by atoms with Crippen molar-refractivity contribution in [2.75, 3.05) is 0 Å². The van der Waals surface area contributed by atoms with Crippen LogP contribution in [0.4, 0.5) is 0 Å². The first-order chi connectivity index (χ1) is 14.0. The smallest absolute Gasteiger partial charge is 0.255 e. The van der Waals surface area contributed by atoms with Crippen LogP contribution in [-0.2, 0) is 0 Å². The largest absolute Gasteiger partial charge is 0.343 e. The zero-order chi connectivity index (χ0) is 20.4. The van der Waals surface area contributed by atoms with Crippen molar-refractivity contribution < 1.29 is 4.79 Å². The maximum absolute atomic E-state index is 12.8. The molecule has 8 heteroatoms. The molecule has 1 N–H and O–H groups in total. The first-order valence-corrected chi connectivity index (χ1v) is 10.3.